The third-order valence-electron chi connectivity index (χ3n) is 6.72. The molecule has 4 rings (SSSR count). The van der Waals surface area contributed by atoms with Gasteiger partial charge in [0.1, 0.15) is 5.82 Å². The van der Waals surface area contributed by atoms with Crippen LogP contribution in [-0.2, 0) is 12.7 Å². The minimum Gasteiger partial charge on any atom is -0.387 e. The van der Waals surface area contributed by atoms with Crippen LogP contribution in [0.3, 0.4) is 0 Å². The lowest BCUT2D eigenvalue weighted by molar-refractivity contribution is -0.140. The second-order valence-electron chi connectivity index (χ2n) is 9.24. The molecule has 1 aromatic heterocycles. The Kier molecular flexibility index (Phi) is 7.11. The second kappa shape index (κ2) is 9.85. The fraction of sp³-hybridized carbons (Fsp3) is 0.385. The highest BCUT2D eigenvalue weighted by atomic mass is 19.4. The number of aryl methyl sites for hydroxylation is 1. The number of amides is 1. The summed E-state index contributed by atoms with van der Waals surface area (Å²) in [7, 11) is 0. The highest BCUT2D eigenvalue weighted by Gasteiger charge is 2.48. The van der Waals surface area contributed by atoms with E-state index in [2.05, 4.69) is 10.4 Å². The lowest BCUT2D eigenvalue weighted by atomic mass is 9.75. The summed E-state index contributed by atoms with van der Waals surface area (Å²) in [6.07, 6.45) is -3.68. The van der Waals surface area contributed by atoms with Gasteiger partial charge < -0.3 is 10.4 Å². The van der Waals surface area contributed by atoms with Gasteiger partial charge in [-0.3, -0.25) is 9.48 Å². The average Bonchev–Trinajstić information content (AvgIpc) is 3.33. The predicted molar refractivity (Wildman–Crippen MR) is 123 cm³/mol. The molecule has 11 heteroatoms. The fourth-order valence-electron chi connectivity index (χ4n) is 4.58. The van der Waals surface area contributed by atoms with Crippen molar-refractivity contribution in [2.24, 2.45) is 0 Å². The van der Waals surface area contributed by atoms with Gasteiger partial charge in [0.05, 0.1) is 29.0 Å². The number of nitrogens with zero attached hydrogens (tertiary/aromatic N) is 2. The average molecular weight is 525 g/mol. The number of carbonyl (C=O) groups excluding carboxylic acids is 1. The van der Waals surface area contributed by atoms with Crippen LogP contribution < -0.4 is 5.32 Å². The van der Waals surface area contributed by atoms with Crippen LogP contribution in [0.25, 0.3) is 11.1 Å². The molecule has 0 saturated heterocycles. The van der Waals surface area contributed by atoms with Crippen molar-refractivity contribution < 1.29 is 36.2 Å². The van der Waals surface area contributed by atoms with Gasteiger partial charge in [0.15, 0.2) is 0 Å². The smallest absolute Gasteiger partial charge is 0.387 e. The molecule has 2 N–H and O–H groups in total. The maximum absolute atomic E-state index is 14.7. The summed E-state index contributed by atoms with van der Waals surface area (Å²) in [6, 6.07) is 7.60. The van der Waals surface area contributed by atoms with Crippen molar-refractivity contribution in [2.75, 3.05) is 0 Å². The van der Waals surface area contributed by atoms with Crippen molar-refractivity contribution in [3.63, 3.8) is 0 Å². The van der Waals surface area contributed by atoms with E-state index in [0.717, 1.165) is 17.7 Å². The van der Waals surface area contributed by atoms with E-state index in [4.69, 9.17) is 0 Å². The topological polar surface area (TPSA) is 67.2 Å². The monoisotopic (exact) mass is 525 g/mol. The number of aromatic nitrogens is 2. The third kappa shape index (κ3) is 5.66. The van der Waals surface area contributed by atoms with E-state index in [0.29, 0.717) is 23.7 Å². The molecule has 37 heavy (non-hydrogen) atoms. The van der Waals surface area contributed by atoms with Crippen LogP contribution in [0.1, 0.15) is 60.1 Å². The summed E-state index contributed by atoms with van der Waals surface area (Å²) < 4.78 is 83.7. The van der Waals surface area contributed by atoms with Crippen molar-refractivity contribution in [3.05, 3.63) is 77.4 Å². The van der Waals surface area contributed by atoms with Gasteiger partial charge in [-0.25, -0.2) is 13.2 Å². The van der Waals surface area contributed by atoms with Crippen LogP contribution in [0.5, 0.6) is 0 Å². The van der Waals surface area contributed by atoms with E-state index in [1.807, 2.05) is 6.92 Å². The first-order valence-electron chi connectivity index (χ1n) is 11.7. The fourth-order valence-corrected chi connectivity index (χ4v) is 4.58. The summed E-state index contributed by atoms with van der Waals surface area (Å²) >= 11 is 0. The lowest BCUT2D eigenvalue weighted by Gasteiger charge is -2.42. The molecule has 0 radical (unpaired) electrons. The summed E-state index contributed by atoms with van der Waals surface area (Å²) in [5, 5.41) is 18.1. The molecule has 1 unspecified atom stereocenters. The number of hydrogen-bond acceptors (Lipinski definition) is 3. The minimum absolute atomic E-state index is 0.329. The summed E-state index contributed by atoms with van der Waals surface area (Å²) in [5.74, 6) is -5.96. The van der Waals surface area contributed by atoms with E-state index in [9.17, 15) is 36.2 Å². The molecule has 5 nitrogen and oxygen atoms in total. The number of aliphatic hydroxyl groups is 1. The lowest BCUT2D eigenvalue weighted by Crippen LogP contribution is -2.50. The number of nitrogens with one attached hydrogen (secondary N) is 1. The van der Waals surface area contributed by atoms with Crippen molar-refractivity contribution >= 4 is 5.91 Å². The molecule has 1 heterocycles. The van der Waals surface area contributed by atoms with Gasteiger partial charge in [-0.15, -0.1) is 0 Å². The van der Waals surface area contributed by atoms with Crippen LogP contribution in [0.2, 0.25) is 0 Å². The van der Waals surface area contributed by atoms with Crippen molar-refractivity contribution in [1.29, 1.82) is 0 Å². The third-order valence-corrected chi connectivity index (χ3v) is 6.72. The van der Waals surface area contributed by atoms with Crippen LogP contribution in [0.15, 0.2) is 54.9 Å². The normalized spacial score (nSPS) is 17.8. The molecule has 1 fully saturated rings. The molecule has 0 spiro atoms. The van der Waals surface area contributed by atoms with E-state index in [-0.39, 0.29) is 12.8 Å². The molecule has 0 aliphatic heterocycles. The molecule has 0 bridgehead atoms. The Hall–Kier alpha value is -3.34. The van der Waals surface area contributed by atoms with Crippen LogP contribution >= 0.6 is 0 Å². The SMILES string of the molecule is CCn1cc(-c2cccc(C(NC(=O)c3cccc(C(F)(F)F)c3F)C3(O)CCC(F)(F)CC3)c2)cn1. The van der Waals surface area contributed by atoms with Gasteiger partial charge in [0, 0.05) is 31.1 Å². The Morgan fingerprint density at radius 2 is 1.78 bits per heavy atom. The summed E-state index contributed by atoms with van der Waals surface area (Å²) in [5.41, 5.74) is -2.61. The highest BCUT2D eigenvalue weighted by molar-refractivity contribution is 5.95. The summed E-state index contributed by atoms with van der Waals surface area (Å²) in [4.78, 5) is 13.0. The van der Waals surface area contributed by atoms with E-state index in [1.54, 1.807) is 41.3 Å². The van der Waals surface area contributed by atoms with E-state index < -0.39 is 59.4 Å². The molecule has 1 aliphatic carbocycles. The maximum Gasteiger partial charge on any atom is 0.419 e. The zero-order chi connectivity index (χ0) is 27.0. The van der Waals surface area contributed by atoms with Gasteiger partial charge in [0.25, 0.3) is 5.91 Å². The zero-order valence-corrected chi connectivity index (χ0v) is 19.8. The molecule has 198 valence electrons. The molecular weight excluding hydrogens is 500 g/mol. The number of rotatable bonds is 6. The largest absolute Gasteiger partial charge is 0.419 e. The second-order valence-corrected chi connectivity index (χ2v) is 9.24. The molecule has 1 saturated carbocycles. The van der Waals surface area contributed by atoms with Gasteiger partial charge in [0.2, 0.25) is 5.92 Å². The first-order valence-corrected chi connectivity index (χ1v) is 11.7. The Labute approximate surface area is 209 Å². The number of carbonyl (C=O) groups is 1. The van der Waals surface area contributed by atoms with Gasteiger partial charge in [-0.1, -0.05) is 24.3 Å². The standard InChI is InChI=1S/C26H25F6N3O2/c1-2-35-15-18(14-33-35)16-5-3-6-17(13-16)22(24(37)9-11-25(28,29)12-10-24)34-23(36)19-7-4-8-20(21(19)27)26(30,31)32/h3-8,13-15,22,37H,2,9-12H2,1H3,(H,34,36). The molecule has 1 atom stereocenters. The molecule has 1 amide bonds. The van der Waals surface area contributed by atoms with Crippen LogP contribution in [-0.4, -0.2) is 32.3 Å². The number of benzene rings is 2. The van der Waals surface area contributed by atoms with Crippen LogP contribution in [0, 0.1) is 5.82 Å². The number of hydrogen-bond donors (Lipinski definition) is 2. The minimum atomic E-state index is -5.02. The number of halogens is 6. The van der Waals surface area contributed by atoms with Gasteiger partial charge in [-0.05, 0) is 49.1 Å². The molecule has 1 aliphatic rings. The predicted octanol–water partition coefficient (Wildman–Crippen LogP) is 6.14. The number of alkyl halides is 5. The van der Waals surface area contributed by atoms with E-state index in [1.165, 1.54) is 0 Å². The Morgan fingerprint density at radius 3 is 2.41 bits per heavy atom. The Bertz CT molecular complexity index is 1280. The van der Waals surface area contributed by atoms with Crippen molar-refractivity contribution in [1.82, 2.24) is 15.1 Å². The first kappa shape index (κ1) is 26.7. The van der Waals surface area contributed by atoms with Crippen LogP contribution in [0.4, 0.5) is 26.3 Å². The quantitative estimate of drug-likeness (QED) is 0.380. The summed E-state index contributed by atoms with van der Waals surface area (Å²) in [6.45, 7) is 2.52. The highest BCUT2D eigenvalue weighted by Crippen LogP contribution is 2.45. The molecular formula is C26H25F6N3O2. The first-order chi connectivity index (χ1) is 17.3. The van der Waals surface area contributed by atoms with Gasteiger partial charge >= 0.3 is 6.18 Å². The van der Waals surface area contributed by atoms with Crippen molar-refractivity contribution in [3.8, 4) is 11.1 Å². The van der Waals surface area contributed by atoms with Crippen molar-refractivity contribution in [2.45, 2.75) is 62.9 Å². The van der Waals surface area contributed by atoms with E-state index >= 15 is 0 Å². The Balaban J connectivity index is 1.73. The maximum atomic E-state index is 14.7. The molecule has 3 aromatic rings. The van der Waals surface area contributed by atoms with Gasteiger partial charge in [-0.2, -0.15) is 18.3 Å². The Morgan fingerprint density at radius 1 is 1.11 bits per heavy atom. The molecule has 2 aromatic carbocycles. The zero-order valence-electron chi connectivity index (χ0n) is 19.8.